The van der Waals surface area contributed by atoms with Crippen molar-refractivity contribution >= 4 is 39.8 Å². The second kappa shape index (κ2) is 6.73. The fourth-order valence-corrected chi connectivity index (χ4v) is 3.97. The third-order valence-electron chi connectivity index (χ3n) is 5.18. The van der Waals surface area contributed by atoms with Gasteiger partial charge in [-0.15, -0.1) is 0 Å². The number of nitrogens with zero attached hydrogens (tertiary/aromatic N) is 5. The average Bonchev–Trinajstić information content (AvgIpc) is 3.15. The Labute approximate surface area is 172 Å². The summed E-state index contributed by atoms with van der Waals surface area (Å²) in [4.78, 5) is 14.8. The van der Waals surface area contributed by atoms with Crippen LogP contribution in [0.15, 0.2) is 55.0 Å². The van der Waals surface area contributed by atoms with E-state index in [4.69, 9.17) is 17.3 Å². The molecule has 0 saturated heterocycles. The van der Waals surface area contributed by atoms with Crippen LogP contribution in [0.1, 0.15) is 11.1 Å². The van der Waals surface area contributed by atoms with Gasteiger partial charge in [0.25, 0.3) is 0 Å². The number of nitriles is 1. The van der Waals surface area contributed by atoms with Crippen LogP contribution in [0, 0.1) is 11.3 Å². The molecule has 29 heavy (non-hydrogen) atoms. The van der Waals surface area contributed by atoms with Gasteiger partial charge < -0.3 is 10.6 Å². The number of hydrogen-bond acceptors (Lipinski definition) is 6. The molecule has 0 saturated carbocycles. The van der Waals surface area contributed by atoms with Crippen molar-refractivity contribution in [2.75, 3.05) is 17.2 Å². The van der Waals surface area contributed by atoms with Gasteiger partial charge in [-0.05, 0) is 41.8 Å². The van der Waals surface area contributed by atoms with Gasteiger partial charge >= 0.3 is 0 Å². The first-order valence-electron chi connectivity index (χ1n) is 9.11. The van der Waals surface area contributed by atoms with Crippen molar-refractivity contribution in [3.63, 3.8) is 0 Å². The molecule has 2 N–H and O–H groups in total. The summed E-state index contributed by atoms with van der Waals surface area (Å²) < 4.78 is 0. The van der Waals surface area contributed by atoms with Gasteiger partial charge in [-0.2, -0.15) is 5.26 Å². The molecule has 0 aliphatic carbocycles. The van der Waals surface area contributed by atoms with Crippen molar-refractivity contribution in [2.45, 2.75) is 6.42 Å². The molecule has 0 radical (unpaired) electrons. The number of nitrogens with two attached hydrogens (primary N) is 1. The second-order valence-electron chi connectivity index (χ2n) is 6.87. The number of rotatable bonds is 2. The predicted octanol–water partition coefficient (Wildman–Crippen LogP) is 4.49. The summed E-state index contributed by atoms with van der Waals surface area (Å²) in [5, 5.41) is 11.3. The zero-order valence-corrected chi connectivity index (χ0v) is 16.1. The van der Waals surface area contributed by atoms with E-state index in [9.17, 15) is 5.26 Å². The first-order valence-corrected chi connectivity index (χ1v) is 9.48. The highest BCUT2D eigenvalue weighted by molar-refractivity contribution is 6.31. The Morgan fingerprint density at radius 1 is 1.00 bits per heavy atom. The monoisotopic (exact) mass is 398 g/mol. The Hall–Kier alpha value is -3.69. The van der Waals surface area contributed by atoms with Gasteiger partial charge in [0.1, 0.15) is 6.07 Å². The Kier molecular flexibility index (Phi) is 4.04. The molecule has 0 spiro atoms. The Balaban J connectivity index is 1.74. The quantitative estimate of drug-likeness (QED) is 0.534. The first-order chi connectivity index (χ1) is 14.1. The molecule has 0 atom stereocenters. The molecule has 6 nitrogen and oxygen atoms in total. The van der Waals surface area contributed by atoms with Crippen LogP contribution >= 0.6 is 11.6 Å². The summed E-state index contributed by atoms with van der Waals surface area (Å²) in [6.07, 6.45) is 5.91. The van der Waals surface area contributed by atoms with Gasteiger partial charge in [0.05, 0.1) is 16.8 Å². The molecular formula is C22H15ClN6. The van der Waals surface area contributed by atoms with E-state index in [0.29, 0.717) is 10.6 Å². The maximum absolute atomic E-state index is 9.78. The molecular weight excluding hydrogens is 384 g/mol. The number of halogens is 1. The standard InChI is InChI=1S/C22H15ClN6/c23-17-3-1-13-5-6-29(20(13)8-17)21-15(9-24)10-26-19-4-2-14(7-18(19)21)16-11-27-22(25)28-12-16/h1-4,7-8,10-12H,5-6H2,(H2,25,27,28). The molecule has 4 aromatic rings. The highest BCUT2D eigenvalue weighted by atomic mass is 35.5. The molecule has 2 aromatic carbocycles. The summed E-state index contributed by atoms with van der Waals surface area (Å²) >= 11 is 6.26. The Morgan fingerprint density at radius 3 is 2.62 bits per heavy atom. The smallest absolute Gasteiger partial charge is 0.219 e. The van der Waals surface area contributed by atoms with E-state index in [1.807, 2.05) is 36.4 Å². The fraction of sp³-hybridized carbons (Fsp3) is 0.0909. The predicted molar refractivity (Wildman–Crippen MR) is 114 cm³/mol. The third kappa shape index (κ3) is 2.93. The van der Waals surface area contributed by atoms with E-state index in [-0.39, 0.29) is 5.95 Å². The van der Waals surface area contributed by atoms with E-state index in [1.54, 1.807) is 18.6 Å². The maximum Gasteiger partial charge on any atom is 0.219 e. The molecule has 0 unspecified atom stereocenters. The lowest BCUT2D eigenvalue weighted by Gasteiger charge is -2.23. The highest BCUT2D eigenvalue weighted by Crippen LogP contribution is 2.41. The Morgan fingerprint density at radius 2 is 1.83 bits per heavy atom. The average molecular weight is 399 g/mol. The summed E-state index contributed by atoms with van der Waals surface area (Å²) in [7, 11) is 0. The van der Waals surface area contributed by atoms with Gasteiger partial charge in [-0.3, -0.25) is 4.98 Å². The number of hydrogen-bond donors (Lipinski definition) is 1. The summed E-state index contributed by atoms with van der Waals surface area (Å²) in [6.45, 7) is 0.776. The lowest BCUT2D eigenvalue weighted by Crippen LogP contribution is -2.15. The number of benzene rings is 2. The van der Waals surface area contributed by atoms with Crippen molar-refractivity contribution in [1.82, 2.24) is 15.0 Å². The lowest BCUT2D eigenvalue weighted by molar-refractivity contribution is 0.999. The zero-order chi connectivity index (χ0) is 20.0. The number of fused-ring (bicyclic) bond motifs is 2. The van der Waals surface area contributed by atoms with Crippen molar-refractivity contribution in [3.8, 4) is 17.2 Å². The van der Waals surface area contributed by atoms with E-state index in [0.717, 1.165) is 46.4 Å². The number of pyridine rings is 1. The minimum absolute atomic E-state index is 0.231. The van der Waals surface area contributed by atoms with Gasteiger partial charge in [0.2, 0.25) is 5.95 Å². The van der Waals surface area contributed by atoms with Gasteiger partial charge in [0, 0.05) is 46.8 Å². The van der Waals surface area contributed by atoms with Gasteiger partial charge in [-0.1, -0.05) is 23.7 Å². The van der Waals surface area contributed by atoms with E-state index in [1.165, 1.54) is 5.56 Å². The van der Waals surface area contributed by atoms with Crippen molar-refractivity contribution in [2.24, 2.45) is 0 Å². The van der Waals surface area contributed by atoms with Crippen LogP contribution in [0.5, 0.6) is 0 Å². The van der Waals surface area contributed by atoms with Crippen molar-refractivity contribution in [3.05, 3.63) is 71.1 Å². The molecule has 2 aromatic heterocycles. The van der Waals surface area contributed by atoms with Crippen LogP contribution in [-0.2, 0) is 6.42 Å². The topological polar surface area (TPSA) is 91.7 Å². The van der Waals surface area contributed by atoms with Crippen LogP contribution in [0.4, 0.5) is 17.3 Å². The minimum Gasteiger partial charge on any atom is -0.368 e. The van der Waals surface area contributed by atoms with E-state index < -0.39 is 0 Å². The largest absolute Gasteiger partial charge is 0.368 e. The summed E-state index contributed by atoms with van der Waals surface area (Å²) in [6, 6.07) is 14.1. The zero-order valence-electron chi connectivity index (χ0n) is 15.3. The van der Waals surface area contributed by atoms with Crippen molar-refractivity contribution in [1.29, 1.82) is 5.26 Å². The highest BCUT2D eigenvalue weighted by Gasteiger charge is 2.25. The molecule has 7 heteroatoms. The van der Waals surface area contributed by atoms with Gasteiger partial charge in [0.15, 0.2) is 0 Å². The first kappa shape index (κ1) is 17.4. The molecule has 3 heterocycles. The Bertz CT molecular complexity index is 1290. The van der Waals surface area contributed by atoms with E-state index >= 15 is 0 Å². The van der Waals surface area contributed by atoms with Crippen LogP contribution in [0.2, 0.25) is 5.02 Å². The van der Waals surface area contributed by atoms with Crippen LogP contribution in [-0.4, -0.2) is 21.5 Å². The molecule has 1 aliphatic rings. The molecule has 0 amide bonds. The normalized spacial score (nSPS) is 12.8. The van der Waals surface area contributed by atoms with Crippen LogP contribution in [0.3, 0.4) is 0 Å². The number of aromatic nitrogens is 3. The van der Waals surface area contributed by atoms with E-state index in [2.05, 4.69) is 25.9 Å². The molecule has 0 bridgehead atoms. The molecule has 0 fully saturated rings. The SMILES string of the molecule is N#Cc1cnc2ccc(-c3cnc(N)nc3)cc2c1N1CCc2ccc(Cl)cc21. The maximum atomic E-state index is 9.78. The lowest BCUT2D eigenvalue weighted by atomic mass is 10.0. The number of anilines is 3. The molecule has 140 valence electrons. The minimum atomic E-state index is 0.231. The fourth-order valence-electron chi connectivity index (χ4n) is 3.80. The summed E-state index contributed by atoms with van der Waals surface area (Å²) in [5.41, 5.74) is 11.8. The second-order valence-corrected chi connectivity index (χ2v) is 7.31. The molecule has 1 aliphatic heterocycles. The van der Waals surface area contributed by atoms with Crippen LogP contribution < -0.4 is 10.6 Å². The van der Waals surface area contributed by atoms with Crippen LogP contribution in [0.25, 0.3) is 22.0 Å². The third-order valence-corrected chi connectivity index (χ3v) is 5.41. The summed E-state index contributed by atoms with van der Waals surface area (Å²) in [5.74, 6) is 0.231. The number of nitrogen functional groups attached to an aromatic ring is 1. The van der Waals surface area contributed by atoms with Gasteiger partial charge in [-0.25, -0.2) is 9.97 Å². The van der Waals surface area contributed by atoms with Crippen molar-refractivity contribution < 1.29 is 0 Å². The molecule has 5 rings (SSSR count).